The summed E-state index contributed by atoms with van der Waals surface area (Å²) < 4.78 is 0. The molecule has 0 spiro atoms. The molecule has 2 amide bonds. The first-order chi connectivity index (χ1) is 11.6. The van der Waals surface area contributed by atoms with Crippen LogP contribution < -0.4 is 0 Å². The minimum atomic E-state index is -0.358. The smallest absolute Gasteiger partial charge is 0.237 e. The van der Waals surface area contributed by atoms with Gasteiger partial charge in [-0.05, 0) is 44.1 Å². The second kappa shape index (κ2) is 5.89. The molecular formula is C19H19ClN2O2. The van der Waals surface area contributed by atoms with Crippen LogP contribution in [0.4, 0.5) is 0 Å². The van der Waals surface area contributed by atoms with Crippen molar-refractivity contribution in [3.05, 3.63) is 33.5 Å². The number of fused-ring (bicyclic) bond motifs is 1. The van der Waals surface area contributed by atoms with Gasteiger partial charge in [-0.3, -0.25) is 14.5 Å². The van der Waals surface area contributed by atoms with Crippen molar-refractivity contribution in [1.82, 2.24) is 4.90 Å². The number of amides is 2. The van der Waals surface area contributed by atoms with Crippen LogP contribution in [0.3, 0.4) is 0 Å². The van der Waals surface area contributed by atoms with Crippen LogP contribution >= 0.6 is 11.6 Å². The Morgan fingerprint density at radius 2 is 1.88 bits per heavy atom. The molecule has 0 aromatic rings. The zero-order valence-corrected chi connectivity index (χ0v) is 14.2. The molecule has 0 aromatic carbocycles. The molecule has 1 saturated heterocycles. The van der Waals surface area contributed by atoms with Crippen molar-refractivity contribution in [3.63, 3.8) is 0 Å². The summed E-state index contributed by atoms with van der Waals surface area (Å²) in [7, 11) is 0. The van der Waals surface area contributed by atoms with Crippen LogP contribution in [0.1, 0.15) is 51.4 Å². The predicted octanol–water partition coefficient (Wildman–Crippen LogP) is 3.95. The van der Waals surface area contributed by atoms with E-state index in [9.17, 15) is 14.9 Å². The number of nitriles is 1. The van der Waals surface area contributed by atoms with E-state index < -0.39 is 0 Å². The zero-order chi connectivity index (χ0) is 16.8. The largest absolute Gasteiger partial charge is 0.274 e. The van der Waals surface area contributed by atoms with Crippen LogP contribution in [0.2, 0.25) is 0 Å². The molecule has 24 heavy (non-hydrogen) atoms. The van der Waals surface area contributed by atoms with Gasteiger partial charge in [0.15, 0.2) is 0 Å². The SMILES string of the molecule is N#CC1=C(N2C(=O)[C@H]3CC=C(Cl)C[C@H]3C2=O)CC2=C1CCCCC2. The van der Waals surface area contributed by atoms with Gasteiger partial charge in [-0.25, -0.2) is 0 Å². The third-order valence-corrected chi connectivity index (χ3v) is 6.06. The predicted molar refractivity (Wildman–Crippen MR) is 89.4 cm³/mol. The van der Waals surface area contributed by atoms with Gasteiger partial charge in [0.1, 0.15) is 6.07 Å². The number of carbonyl (C=O) groups is 2. The summed E-state index contributed by atoms with van der Waals surface area (Å²) in [5.41, 5.74) is 3.55. The Morgan fingerprint density at radius 3 is 2.67 bits per heavy atom. The van der Waals surface area contributed by atoms with Crippen molar-refractivity contribution in [2.75, 3.05) is 0 Å². The Bertz CT molecular complexity index is 769. The Hall–Kier alpha value is -1.86. The summed E-state index contributed by atoms with van der Waals surface area (Å²) in [6.07, 6.45) is 8.62. The van der Waals surface area contributed by atoms with Crippen LogP contribution in [0, 0.1) is 23.2 Å². The second-order valence-corrected chi connectivity index (χ2v) is 7.55. The first kappa shape index (κ1) is 15.7. The molecule has 3 aliphatic carbocycles. The molecule has 4 rings (SSSR count). The van der Waals surface area contributed by atoms with E-state index in [1.54, 1.807) is 0 Å². The summed E-state index contributed by atoms with van der Waals surface area (Å²) in [6.45, 7) is 0. The van der Waals surface area contributed by atoms with Gasteiger partial charge in [0, 0.05) is 11.5 Å². The number of halogens is 1. The third kappa shape index (κ3) is 2.26. The van der Waals surface area contributed by atoms with Crippen molar-refractivity contribution >= 4 is 23.4 Å². The number of imide groups is 1. The fourth-order valence-electron chi connectivity index (χ4n) is 4.52. The van der Waals surface area contributed by atoms with Crippen molar-refractivity contribution in [2.45, 2.75) is 51.4 Å². The highest BCUT2D eigenvalue weighted by atomic mass is 35.5. The minimum Gasteiger partial charge on any atom is -0.274 e. The fourth-order valence-corrected chi connectivity index (χ4v) is 4.78. The molecule has 1 fully saturated rings. The summed E-state index contributed by atoms with van der Waals surface area (Å²) in [5.74, 6) is -0.988. The molecule has 0 bridgehead atoms. The van der Waals surface area contributed by atoms with Crippen molar-refractivity contribution in [3.8, 4) is 6.07 Å². The lowest BCUT2D eigenvalue weighted by Gasteiger charge is -2.18. The van der Waals surface area contributed by atoms with Crippen LogP contribution in [-0.4, -0.2) is 16.7 Å². The molecule has 124 valence electrons. The fraction of sp³-hybridized carbons (Fsp3) is 0.526. The van der Waals surface area contributed by atoms with Crippen molar-refractivity contribution in [1.29, 1.82) is 5.26 Å². The van der Waals surface area contributed by atoms with E-state index in [2.05, 4.69) is 6.07 Å². The number of hydrogen-bond acceptors (Lipinski definition) is 3. The molecule has 1 aliphatic heterocycles. The lowest BCUT2D eigenvalue weighted by molar-refractivity contribution is -0.137. The Morgan fingerprint density at radius 1 is 1.12 bits per heavy atom. The molecule has 5 heteroatoms. The Balaban J connectivity index is 1.70. The number of hydrogen-bond donors (Lipinski definition) is 0. The lowest BCUT2D eigenvalue weighted by atomic mass is 9.85. The van der Waals surface area contributed by atoms with Gasteiger partial charge in [-0.1, -0.05) is 29.7 Å². The second-order valence-electron chi connectivity index (χ2n) is 7.07. The third-order valence-electron chi connectivity index (χ3n) is 5.75. The molecule has 0 aromatic heterocycles. The molecule has 0 saturated carbocycles. The van der Waals surface area contributed by atoms with E-state index in [0.717, 1.165) is 31.3 Å². The summed E-state index contributed by atoms with van der Waals surface area (Å²) in [6, 6.07) is 2.29. The van der Waals surface area contributed by atoms with Crippen LogP contribution in [0.25, 0.3) is 0 Å². The first-order valence-corrected chi connectivity index (χ1v) is 9.06. The van der Waals surface area contributed by atoms with Gasteiger partial charge in [-0.2, -0.15) is 5.26 Å². The van der Waals surface area contributed by atoms with Crippen LogP contribution in [0.5, 0.6) is 0 Å². The molecule has 0 N–H and O–H groups in total. The summed E-state index contributed by atoms with van der Waals surface area (Å²) in [5, 5.41) is 10.3. The highest BCUT2D eigenvalue weighted by Gasteiger charge is 2.50. The highest BCUT2D eigenvalue weighted by molar-refractivity contribution is 6.30. The monoisotopic (exact) mass is 342 g/mol. The van der Waals surface area contributed by atoms with E-state index in [-0.39, 0.29) is 23.7 Å². The van der Waals surface area contributed by atoms with Gasteiger partial charge in [0.25, 0.3) is 0 Å². The van der Waals surface area contributed by atoms with Gasteiger partial charge in [0.2, 0.25) is 11.8 Å². The van der Waals surface area contributed by atoms with E-state index in [1.807, 2.05) is 6.08 Å². The molecule has 4 nitrogen and oxygen atoms in total. The van der Waals surface area contributed by atoms with Crippen LogP contribution in [-0.2, 0) is 9.59 Å². The van der Waals surface area contributed by atoms with Gasteiger partial charge < -0.3 is 0 Å². The van der Waals surface area contributed by atoms with E-state index in [1.165, 1.54) is 16.9 Å². The van der Waals surface area contributed by atoms with Crippen LogP contribution in [0.15, 0.2) is 33.5 Å². The first-order valence-electron chi connectivity index (χ1n) is 8.68. The quantitative estimate of drug-likeness (QED) is 0.678. The average molecular weight is 343 g/mol. The van der Waals surface area contributed by atoms with Gasteiger partial charge >= 0.3 is 0 Å². The molecular weight excluding hydrogens is 324 g/mol. The summed E-state index contributed by atoms with van der Waals surface area (Å²) in [4.78, 5) is 27.0. The maximum atomic E-state index is 12.9. The van der Waals surface area contributed by atoms with Gasteiger partial charge in [0.05, 0.1) is 23.1 Å². The zero-order valence-electron chi connectivity index (χ0n) is 13.5. The standard InChI is InChI=1S/C19H19ClN2O2/c20-12-6-7-14-15(9-12)19(24)22(18(14)23)17-8-11-4-2-1-3-5-13(11)16(17)10-21/h6,14-15H,1-5,7-9H2/t14-,15+/m0/s1. The van der Waals surface area contributed by atoms with Crippen molar-refractivity contribution < 1.29 is 9.59 Å². The number of carbonyl (C=O) groups excluding carboxylic acids is 2. The van der Waals surface area contributed by atoms with E-state index >= 15 is 0 Å². The van der Waals surface area contributed by atoms with E-state index in [4.69, 9.17) is 11.6 Å². The Labute approximate surface area is 146 Å². The maximum absolute atomic E-state index is 12.9. The molecule has 0 unspecified atom stereocenters. The topological polar surface area (TPSA) is 61.2 Å². The molecule has 4 aliphatic rings. The number of likely N-dealkylation sites (tertiary alicyclic amines) is 1. The molecule has 1 heterocycles. The number of allylic oxidation sites excluding steroid dienone is 5. The summed E-state index contributed by atoms with van der Waals surface area (Å²) >= 11 is 6.08. The Kier molecular flexibility index (Phi) is 3.85. The van der Waals surface area contributed by atoms with Gasteiger partial charge in [-0.15, -0.1) is 0 Å². The molecule has 0 radical (unpaired) electrons. The number of rotatable bonds is 1. The average Bonchev–Trinajstić information content (AvgIpc) is 2.90. The number of nitrogens with zero attached hydrogens (tertiary/aromatic N) is 2. The normalized spacial score (nSPS) is 30.2. The lowest BCUT2D eigenvalue weighted by Crippen LogP contribution is -2.30. The van der Waals surface area contributed by atoms with Crippen molar-refractivity contribution in [2.24, 2.45) is 11.8 Å². The highest BCUT2D eigenvalue weighted by Crippen LogP contribution is 2.46. The molecule has 2 atom stereocenters. The maximum Gasteiger partial charge on any atom is 0.237 e. The minimum absolute atomic E-state index is 0.147. The van der Waals surface area contributed by atoms with E-state index in [0.29, 0.717) is 35.6 Å².